The molecule has 0 aromatic heterocycles. The van der Waals surface area contributed by atoms with E-state index < -0.39 is 0 Å². The third-order valence-electron chi connectivity index (χ3n) is 6.62. The number of ether oxygens (including phenoxy) is 2. The van der Waals surface area contributed by atoms with E-state index in [1.807, 2.05) is 38.1 Å². The average Bonchev–Trinajstić information content (AvgIpc) is 2.71. The van der Waals surface area contributed by atoms with Gasteiger partial charge < -0.3 is 9.47 Å². The van der Waals surface area contributed by atoms with Crippen LogP contribution in [0.1, 0.15) is 70.4 Å². The maximum absolute atomic E-state index is 12.9. The molecule has 2 aliphatic rings. The van der Waals surface area contributed by atoms with Crippen molar-refractivity contribution in [2.45, 2.75) is 64.6 Å². The average molecular weight is 407 g/mol. The highest BCUT2D eigenvalue weighted by molar-refractivity contribution is 5.90. The van der Waals surface area contributed by atoms with Crippen molar-refractivity contribution < 1.29 is 19.1 Å². The summed E-state index contributed by atoms with van der Waals surface area (Å²) in [6, 6.07) is 14.8. The lowest BCUT2D eigenvalue weighted by atomic mass is 9.71. The highest BCUT2D eigenvalue weighted by Gasteiger charge is 2.45. The number of benzene rings is 2. The van der Waals surface area contributed by atoms with Crippen LogP contribution in [-0.4, -0.2) is 24.1 Å². The van der Waals surface area contributed by atoms with Crippen LogP contribution in [-0.2, 0) is 9.47 Å². The molecular weight excluding hydrogens is 376 g/mol. The molecule has 0 N–H and O–H groups in total. The Labute approximate surface area is 178 Å². The molecule has 0 saturated heterocycles. The summed E-state index contributed by atoms with van der Waals surface area (Å²) in [5.74, 6) is -0.177. The Morgan fingerprint density at radius 3 is 1.37 bits per heavy atom. The van der Waals surface area contributed by atoms with E-state index >= 15 is 0 Å². The standard InChI is InChI=1S/C26H30O4/c1-17-7-11-21(12-8-17)25(27)29-23-19-5-3-4-6-20(16-15-19)24(23)30-26(28)22-13-9-18(2)10-14-22/h7-14,19-20,23-24H,3-6,15-16H2,1-2H3. The second kappa shape index (κ2) is 9.03. The molecule has 0 spiro atoms. The number of rotatable bonds is 4. The lowest BCUT2D eigenvalue weighted by Crippen LogP contribution is -2.49. The van der Waals surface area contributed by atoms with E-state index in [9.17, 15) is 9.59 Å². The number of fused-ring (bicyclic) bond motifs is 3. The predicted octanol–water partition coefficient (Wildman–Crippen LogP) is 5.65. The third-order valence-corrected chi connectivity index (χ3v) is 6.62. The fourth-order valence-electron chi connectivity index (χ4n) is 4.81. The lowest BCUT2D eigenvalue weighted by molar-refractivity contribution is -0.105. The number of hydrogen-bond acceptors (Lipinski definition) is 4. The van der Waals surface area contributed by atoms with E-state index in [4.69, 9.17) is 9.47 Å². The van der Waals surface area contributed by atoms with Gasteiger partial charge in [0.1, 0.15) is 12.2 Å². The topological polar surface area (TPSA) is 52.6 Å². The first-order chi connectivity index (χ1) is 14.5. The first kappa shape index (κ1) is 20.6. The van der Waals surface area contributed by atoms with Crippen LogP contribution in [0.5, 0.6) is 0 Å². The molecular formula is C26H30O4. The summed E-state index contributed by atoms with van der Waals surface area (Å²) in [4.78, 5) is 25.7. The summed E-state index contributed by atoms with van der Waals surface area (Å²) in [6.07, 6.45) is 5.58. The van der Waals surface area contributed by atoms with Crippen LogP contribution in [0, 0.1) is 25.7 Å². The molecule has 0 amide bonds. The smallest absolute Gasteiger partial charge is 0.338 e. The molecule has 2 saturated carbocycles. The zero-order valence-electron chi connectivity index (χ0n) is 17.8. The third kappa shape index (κ3) is 4.58. The van der Waals surface area contributed by atoms with Gasteiger partial charge in [0, 0.05) is 0 Å². The minimum Gasteiger partial charge on any atom is -0.455 e. The molecule has 0 radical (unpaired) electrons. The van der Waals surface area contributed by atoms with E-state index in [1.54, 1.807) is 24.3 Å². The van der Waals surface area contributed by atoms with Gasteiger partial charge >= 0.3 is 11.9 Å². The van der Waals surface area contributed by atoms with Crippen molar-refractivity contribution >= 4 is 11.9 Å². The van der Waals surface area contributed by atoms with Gasteiger partial charge in [0.2, 0.25) is 0 Å². The number of carbonyl (C=O) groups is 2. The number of carbonyl (C=O) groups excluding carboxylic acids is 2. The van der Waals surface area contributed by atoms with Crippen molar-refractivity contribution in [1.82, 2.24) is 0 Å². The minimum absolute atomic E-state index is 0.242. The summed E-state index contributed by atoms with van der Waals surface area (Å²) in [5.41, 5.74) is 3.28. The summed E-state index contributed by atoms with van der Waals surface area (Å²) in [7, 11) is 0. The Hall–Kier alpha value is -2.62. The SMILES string of the molecule is Cc1ccc(C(=O)OC2C3CCCCC(CC3)C2OC(=O)c2ccc(C)cc2)cc1. The van der Waals surface area contributed by atoms with Gasteiger partial charge in [-0.05, 0) is 75.6 Å². The van der Waals surface area contributed by atoms with Crippen LogP contribution in [0.3, 0.4) is 0 Å². The van der Waals surface area contributed by atoms with E-state index in [-0.39, 0.29) is 36.0 Å². The van der Waals surface area contributed by atoms with Crippen LogP contribution >= 0.6 is 0 Å². The number of esters is 2. The summed E-state index contributed by atoms with van der Waals surface area (Å²) in [5, 5.41) is 0. The quantitative estimate of drug-likeness (QED) is 0.615. The van der Waals surface area contributed by atoms with Crippen molar-refractivity contribution in [1.29, 1.82) is 0 Å². The van der Waals surface area contributed by atoms with Gasteiger partial charge in [-0.2, -0.15) is 0 Å². The van der Waals surface area contributed by atoms with E-state index in [0.29, 0.717) is 11.1 Å². The van der Waals surface area contributed by atoms with Gasteiger partial charge in [-0.25, -0.2) is 9.59 Å². The highest BCUT2D eigenvalue weighted by atomic mass is 16.6. The Kier molecular flexibility index (Phi) is 6.21. The Morgan fingerprint density at radius 2 is 1.00 bits per heavy atom. The van der Waals surface area contributed by atoms with Crippen LogP contribution < -0.4 is 0 Å². The molecule has 4 rings (SSSR count). The molecule has 2 fully saturated rings. The van der Waals surface area contributed by atoms with Gasteiger partial charge in [0.05, 0.1) is 11.1 Å². The highest BCUT2D eigenvalue weighted by Crippen LogP contribution is 2.41. The first-order valence-corrected chi connectivity index (χ1v) is 11.1. The lowest BCUT2D eigenvalue weighted by Gasteiger charge is -2.43. The van der Waals surface area contributed by atoms with Crippen LogP contribution in [0.25, 0.3) is 0 Å². The van der Waals surface area contributed by atoms with Crippen LogP contribution in [0.4, 0.5) is 0 Å². The fourth-order valence-corrected chi connectivity index (χ4v) is 4.81. The molecule has 4 nitrogen and oxygen atoms in total. The van der Waals surface area contributed by atoms with Crippen LogP contribution in [0.2, 0.25) is 0 Å². The van der Waals surface area contributed by atoms with Gasteiger partial charge in [0.15, 0.2) is 0 Å². The van der Waals surface area contributed by atoms with Gasteiger partial charge in [-0.1, -0.05) is 48.2 Å². The zero-order valence-corrected chi connectivity index (χ0v) is 17.8. The van der Waals surface area contributed by atoms with Crippen molar-refractivity contribution in [3.63, 3.8) is 0 Å². The van der Waals surface area contributed by atoms with Crippen molar-refractivity contribution in [3.05, 3.63) is 70.8 Å². The largest absolute Gasteiger partial charge is 0.455 e. The molecule has 2 aromatic rings. The van der Waals surface area contributed by atoms with Gasteiger partial charge in [-0.15, -0.1) is 0 Å². The Morgan fingerprint density at radius 1 is 0.633 bits per heavy atom. The van der Waals surface area contributed by atoms with Crippen molar-refractivity contribution in [2.75, 3.05) is 0 Å². The maximum atomic E-state index is 12.9. The van der Waals surface area contributed by atoms with E-state index in [0.717, 1.165) is 49.7 Å². The fraction of sp³-hybridized carbons (Fsp3) is 0.462. The second-order valence-corrected chi connectivity index (χ2v) is 8.85. The van der Waals surface area contributed by atoms with Gasteiger partial charge in [0.25, 0.3) is 0 Å². The normalized spacial score (nSPS) is 25.8. The predicted molar refractivity (Wildman–Crippen MR) is 115 cm³/mol. The molecule has 4 atom stereocenters. The van der Waals surface area contributed by atoms with Crippen molar-refractivity contribution in [3.8, 4) is 0 Å². The molecule has 0 aliphatic heterocycles. The first-order valence-electron chi connectivity index (χ1n) is 11.1. The van der Waals surface area contributed by atoms with E-state index in [1.165, 1.54) is 0 Å². The van der Waals surface area contributed by atoms with Crippen molar-refractivity contribution in [2.24, 2.45) is 11.8 Å². The second-order valence-electron chi connectivity index (χ2n) is 8.85. The zero-order chi connectivity index (χ0) is 21.1. The summed E-state index contributed by atoms with van der Waals surface area (Å²) >= 11 is 0. The molecule has 2 aromatic carbocycles. The minimum atomic E-state index is -0.382. The molecule has 0 heterocycles. The van der Waals surface area contributed by atoms with Gasteiger partial charge in [-0.3, -0.25) is 0 Å². The monoisotopic (exact) mass is 406 g/mol. The van der Waals surface area contributed by atoms with E-state index in [2.05, 4.69) is 0 Å². The Balaban J connectivity index is 1.56. The number of aryl methyl sites for hydroxylation is 2. The molecule has 4 unspecified atom stereocenters. The molecule has 4 heteroatoms. The molecule has 2 bridgehead atoms. The number of hydrogen-bond donors (Lipinski definition) is 0. The molecule has 30 heavy (non-hydrogen) atoms. The Bertz CT molecular complexity index is 805. The molecule has 158 valence electrons. The maximum Gasteiger partial charge on any atom is 0.338 e. The molecule has 2 aliphatic carbocycles. The summed E-state index contributed by atoms with van der Waals surface area (Å²) in [6.45, 7) is 3.98. The van der Waals surface area contributed by atoms with Crippen LogP contribution in [0.15, 0.2) is 48.5 Å². The summed E-state index contributed by atoms with van der Waals surface area (Å²) < 4.78 is 12.1.